The molecule has 2 aromatic rings. The molecular weight excluding hydrogens is 282 g/mol. The lowest BCUT2D eigenvalue weighted by molar-refractivity contribution is -0.121. The highest BCUT2D eigenvalue weighted by Gasteiger charge is 2.23. The van der Waals surface area contributed by atoms with Crippen LogP contribution in [0.15, 0.2) is 52.2 Å². The van der Waals surface area contributed by atoms with Gasteiger partial charge in [-0.15, -0.1) is 0 Å². The molecule has 6 heteroatoms. The Hall–Kier alpha value is -2.63. The molecule has 0 saturated heterocycles. The van der Waals surface area contributed by atoms with Gasteiger partial charge in [0, 0.05) is 18.3 Å². The van der Waals surface area contributed by atoms with Crippen LogP contribution in [0.4, 0.5) is 0 Å². The Kier molecular flexibility index (Phi) is 3.91. The maximum atomic E-state index is 12.4. The van der Waals surface area contributed by atoms with E-state index in [4.69, 9.17) is 0 Å². The van der Waals surface area contributed by atoms with E-state index < -0.39 is 11.2 Å². The molecule has 1 heterocycles. The van der Waals surface area contributed by atoms with E-state index in [1.165, 1.54) is 16.8 Å². The molecule has 114 valence electrons. The third kappa shape index (κ3) is 3.33. The normalized spacial score (nSPS) is 13.8. The predicted molar refractivity (Wildman–Crippen MR) is 81.7 cm³/mol. The minimum Gasteiger partial charge on any atom is -0.352 e. The molecule has 22 heavy (non-hydrogen) atoms. The second kappa shape index (κ2) is 6.01. The Labute approximate surface area is 127 Å². The maximum absolute atomic E-state index is 12.4. The summed E-state index contributed by atoms with van der Waals surface area (Å²) in [4.78, 5) is 36.0. The Morgan fingerprint density at radius 3 is 2.55 bits per heavy atom. The predicted octanol–water partition coefficient (Wildman–Crippen LogP) is 0.337. The smallest absolute Gasteiger partial charge is 0.331 e. The zero-order valence-corrected chi connectivity index (χ0v) is 12.1. The number of carbonyl (C=O) groups excluding carboxylic acids is 1. The van der Waals surface area contributed by atoms with Crippen molar-refractivity contribution in [2.75, 3.05) is 0 Å². The van der Waals surface area contributed by atoms with E-state index in [1.807, 2.05) is 30.3 Å². The third-order valence-electron chi connectivity index (χ3n) is 3.58. The van der Waals surface area contributed by atoms with Gasteiger partial charge in [-0.2, -0.15) is 0 Å². The van der Waals surface area contributed by atoms with Crippen LogP contribution in [0.25, 0.3) is 0 Å². The lowest BCUT2D eigenvalue weighted by Gasteiger charge is -2.10. The van der Waals surface area contributed by atoms with Crippen molar-refractivity contribution in [3.63, 3.8) is 0 Å². The molecule has 1 amide bonds. The van der Waals surface area contributed by atoms with E-state index in [2.05, 4.69) is 5.32 Å². The topological polar surface area (TPSA) is 73.1 Å². The van der Waals surface area contributed by atoms with Crippen LogP contribution in [-0.2, 0) is 17.9 Å². The molecule has 1 aromatic carbocycles. The molecule has 0 unspecified atom stereocenters. The monoisotopic (exact) mass is 299 g/mol. The Morgan fingerprint density at radius 1 is 1.14 bits per heavy atom. The van der Waals surface area contributed by atoms with Crippen LogP contribution >= 0.6 is 0 Å². The molecule has 0 bridgehead atoms. The average molecular weight is 299 g/mol. The first-order chi connectivity index (χ1) is 10.6. The quantitative estimate of drug-likeness (QED) is 0.865. The molecule has 3 rings (SSSR count). The first-order valence-electron chi connectivity index (χ1n) is 7.27. The van der Waals surface area contributed by atoms with E-state index in [-0.39, 0.29) is 18.5 Å². The molecule has 1 aromatic heterocycles. The van der Waals surface area contributed by atoms with Crippen LogP contribution in [0.3, 0.4) is 0 Å². The van der Waals surface area contributed by atoms with Crippen LogP contribution in [-0.4, -0.2) is 21.1 Å². The molecular formula is C16H17N3O3. The van der Waals surface area contributed by atoms with Gasteiger partial charge in [-0.1, -0.05) is 30.3 Å². The summed E-state index contributed by atoms with van der Waals surface area (Å²) in [5, 5.41) is 2.78. The number of rotatable bonds is 5. The highest BCUT2D eigenvalue weighted by Crippen LogP contribution is 2.18. The first kappa shape index (κ1) is 14.3. The second-order valence-corrected chi connectivity index (χ2v) is 5.48. The van der Waals surface area contributed by atoms with Gasteiger partial charge in [0.25, 0.3) is 5.56 Å². The Morgan fingerprint density at radius 2 is 1.86 bits per heavy atom. The van der Waals surface area contributed by atoms with Crippen molar-refractivity contribution in [3.05, 3.63) is 69.0 Å². The minimum atomic E-state index is -0.470. The zero-order chi connectivity index (χ0) is 15.5. The largest absolute Gasteiger partial charge is 0.352 e. The summed E-state index contributed by atoms with van der Waals surface area (Å²) in [6.45, 7) is 0.133. The molecule has 0 radical (unpaired) electrons. The summed E-state index contributed by atoms with van der Waals surface area (Å²) in [6, 6.07) is 11.0. The van der Waals surface area contributed by atoms with Crippen molar-refractivity contribution < 1.29 is 4.79 Å². The summed E-state index contributed by atoms with van der Waals surface area (Å²) in [5.74, 6) is -0.292. The summed E-state index contributed by atoms with van der Waals surface area (Å²) >= 11 is 0. The fourth-order valence-corrected chi connectivity index (χ4v) is 2.25. The van der Waals surface area contributed by atoms with Crippen molar-refractivity contribution in [2.24, 2.45) is 0 Å². The van der Waals surface area contributed by atoms with Gasteiger partial charge in [-0.05, 0) is 18.4 Å². The number of amides is 1. The second-order valence-electron chi connectivity index (χ2n) is 5.48. The zero-order valence-electron chi connectivity index (χ0n) is 12.1. The van der Waals surface area contributed by atoms with Crippen LogP contribution in [0.1, 0.15) is 18.4 Å². The van der Waals surface area contributed by atoms with Gasteiger partial charge in [-0.25, -0.2) is 4.79 Å². The lowest BCUT2D eigenvalue weighted by Crippen LogP contribution is -2.43. The Bertz CT molecular complexity index is 788. The van der Waals surface area contributed by atoms with Gasteiger partial charge in [0.1, 0.15) is 6.54 Å². The van der Waals surface area contributed by atoms with Gasteiger partial charge in [0.2, 0.25) is 5.91 Å². The van der Waals surface area contributed by atoms with Gasteiger partial charge in [-0.3, -0.25) is 18.7 Å². The molecule has 1 saturated carbocycles. The molecule has 0 spiro atoms. The maximum Gasteiger partial charge on any atom is 0.331 e. The number of benzene rings is 1. The number of hydrogen-bond donors (Lipinski definition) is 1. The average Bonchev–Trinajstić information content (AvgIpc) is 3.31. The molecule has 1 fully saturated rings. The fourth-order valence-electron chi connectivity index (χ4n) is 2.25. The number of nitrogens with zero attached hydrogens (tertiary/aromatic N) is 2. The van der Waals surface area contributed by atoms with Crippen molar-refractivity contribution in [1.29, 1.82) is 0 Å². The summed E-state index contributed by atoms with van der Waals surface area (Å²) in [7, 11) is 0. The van der Waals surface area contributed by atoms with E-state index in [0.717, 1.165) is 23.0 Å². The molecule has 1 N–H and O–H groups in total. The van der Waals surface area contributed by atoms with Crippen LogP contribution in [0, 0.1) is 0 Å². The molecule has 0 atom stereocenters. The van der Waals surface area contributed by atoms with E-state index in [1.54, 1.807) is 0 Å². The fraction of sp³-hybridized carbons (Fsp3) is 0.312. The number of carbonyl (C=O) groups is 1. The summed E-state index contributed by atoms with van der Waals surface area (Å²) in [5.41, 5.74) is 0.0276. The summed E-state index contributed by atoms with van der Waals surface area (Å²) < 4.78 is 2.40. The lowest BCUT2D eigenvalue weighted by atomic mass is 10.2. The van der Waals surface area contributed by atoms with Crippen LogP contribution in [0.5, 0.6) is 0 Å². The summed E-state index contributed by atoms with van der Waals surface area (Å²) in [6.07, 6.45) is 3.40. The van der Waals surface area contributed by atoms with Crippen LogP contribution < -0.4 is 16.6 Å². The van der Waals surface area contributed by atoms with Crippen molar-refractivity contribution >= 4 is 5.91 Å². The van der Waals surface area contributed by atoms with Gasteiger partial charge < -0.3 is 5.32 Å². The van der Waals surface area contributed by atoms with Crippen LogP contribution in [0.2, 0.25) is 0 Å². The van der Waals surface area contributed by atoms with Gasteiger partial charge >= 0.3 is 5.69 Å². The molecule has 1 aliphatic rings. The minimum absolute atomic E-state index is 0.207. The highest BCUT2D eigenvalue weighted by atomic mass is 16.2. The molecule has 1 aliphatic carbocycles. The number of hydrogen-bond acceptors (Lipinski definition) is 3. The van der Waals surface area contributed by atoms with Crippen molar-refractivity contribution in [1.82, 2.24) is 14.5 Å². The van der Waals surface area contributed by atoms with E-state index >= 15 is 0 Å². The van der Waals surface area contributed by atoms with Gasteiger partial charge in [0.05, 0.1) is 6.54 Å². The molecule has 0 aliphatic heterocycles. The first-order valence-corrected chi connectivity index (χ1v) is 7.27. The number of aromatic nitrogens is 2. The SMILES string of the molecule is O=C(Cn1c(=O)ccn(Cc2ccccc2)c1=O)NC1CC1. The molecule has 6 nitrogen and oxygen atoms in total. The number of nitrogens with one attached hydrogen (secondary N) is 1. The third-order valence-corrected chi connectivity index (χ3v) is 3.58. The van der Waals surface area contributed by atoms with Gasteiger partial charge in [0.15, 0.2) is 0 Å². The standard InChI is InChI=1S/C16H17N3O3/c20-14(17-13-6-7-13)11-19-15(21)8-9-18(16(19)22)10-12-4-2-1-3-5-12/h1-5,8-9,13H,6-7,10-11H2,(H,17,20). The van der Waals surface area contributed by atoms with E-state index in [9.17, 15) is 14.4 Å². The highest BCUT2D eigenvalue weighted by molar-refractivity contribution is 5.76. The van der Waals surface area contributed by atoms with Crippen molar-refractivity contribution in [3.8, 4) is 0 Å². The Balaban J connectivity index is 1.83. The van der Waals surface area contributed by atoms with E-state index in [0.29, 0.717) is 6.54 Å². The van der Waals surface area contributed by atoms with Crippen molar-refractivity contribution in [2.45, 2.75) is 32.0 Å².